The van der Waals surface area contributed by atoms with Gasteiger partial charge < -0.3 is 0 Å². The summed E-state index contributed by atoms with van der Waals surface area (Å²) in [6, 6.07) is 0. The standard InChI is InChI=1S/C6H8F2S2/c1-3-5(7)9-10-6(8)4-2/h3-6H,1-2H2. The van der Waals surface area contributed by atoms with Gasteiger partial charge in [0.15, 0.2) is 11.0 Å². The minimum Gasteiger partial charge on any atom is -0.230 e. The van der Waals surface area contributed by atoms with Gasteiger partial charge in [0.25, 0.3) is 0 Å². The van der Waals surface area contributed by atoms with Crippen LogP contribution < -0.4 is 0 Å². The Balaban J connectivity index is 3.34. The summed E-state index contributed by atoms with van der Waals surface area (Å²) in [5.41, 5.74) is -2.41. The fourth-order valence-corrected chi connectivity index (χ4v) is 1.66. The summed E-state index contributed by atoms with van der Waals surface area (Å²) >= 11 is 0. The SMILES string of the molecule is C=CC(F)SSC(F)C=C. The molecule has 0 aromatic carbocycles. The summed E-state index contributed by atoms with van der Waals surface area (Å²) in [4.78, 5) is 0. The Morgan fingerprint density at radius 3 is 1.50 bits per heavy atom. The Morgan fingerprint density at radius 1 is 1.00 bits per heavy atom. The average molecular weight is 182 g/mol. The molecule has 0 saturated carbocycles. The van der Waals surface area contributed by atoms with E-state index in [-0.39, 0.29) is 0 Å². The lowest BCUT2D eigenvalue weighted by Gasteiger charge is -2.01. The first-order chi connectivity index (χ1) is 4.70. The minimum absolute atomic E-state index is 0.795. The van der Waals surface area contributed by atoms with Gasteiger partial charge in [-0.25, -0.2) is 8.78 Å². The number of alkyl halides is 2. The molecule has 0 aromatic rings. The third-order valence-electron chi connectivity index (χ3n) is 0.610. The molecule has 2 unspecified atom stereocenters. The van der Waals surface area contributed by atoms with Crippen molar-refractivity contribution in [3.05, 3.63) is 25.3 Å². The van der Waals surface area contributed by atoms with Gasteiger partial charge in [-0.1, -0.05) is 13.2 Å². The maximum absolute atomic E-state index is 12.3. The van der Waals surface area contributed by atoms with Gasteiger partial charge in [-0.2, -0.15) is 0 Å². The fourth-order valence-electron chi connectivity index (χ4n) is 0.185. The molecule has 0 fully saturated rings. The topological polar surface area (TPSA) is 0 Å². The summed E-state index contributed by atoms with van der Waals surface area (Å²) in [6.45, 7) is 6.41. The van der Waals surface area contributed by atoms with E-state index in [0.717, 1.165) is 33.7 Å². The maximum Gasteiger partial charge on any atom is 0.173 e. The quantitative estimate of drug-likeness (QED) is 0.472. The summed E-state index contributed by atoms with van der Waals surface area (Å²) in [7, 11) is 1.59. The summed E-state index contributed by atoms with van der Waals surface area (Å²) in [6.07, 6.45) is 2.24. The van der Waals surface area contributed by atoms with Gasteiger partial charge in [0.1, 0.15) is 0 Å². The van der Waals surface area contributed by atoms with Crippen molar-refractivity contribution >= 4 is 21.6 Å². The largest absolute Gasteiger partial charge is 0.230 e. The number of hydrogen-bond donors (Lipinski definition) is 0. The molecule has 0 aliphatic carbocycles. The molecular weight excluding hydrogens is 174 g/mol. The van der Waals surface area contributed by atoms with Crippen molar-refractivity contribution in [3.63, 3.8) is 0 Å². The lowest BCUT2D eigenvalue weighted by atomic mass is 10.7. The monoisotopic (exact) mass is 182 g/mol. The second kappa shape index (κ2) is 5.80. The molecule has 4 heteroatoms. The van der Waals surface area contributed by atoms with Crippen molar-refractivity contribution in [3.8, 4) is 0 Å². The van der Waals surface area contributed by atoms with Crippen molar-refractivity contribution in [2.45, 2.75) is 11.0 Å². The molecular formula is C6H8F2S2. The first-order valence-electron chi connectivity index (χ1n) is 2.56. The summed E-state index contributed by atoms with van der Waals surface area (Å²) in [5.74, 6) is 0. The molecule has 0 aromatic heterocycles. The van der Waals surface area contributed by atoms with E-state index in [1.165, 1.54) is 0 Å². The van der Waals surface area contributed by atoms with Crippen molar-refractivity contribution in [2.24, 2.45) is 0 Å². The number of hydrogen-bond acceptors (Lipinski definition) is 2. The predicted molar refractivity (Wildman–Crippen MR) is 45.4 cm³/mol. The highest BCUT2D eigenvalue weighted by Gasteiger charge is 2.06. The van der Waals surface area contributed by atoms with E-state index in [0.29, 0.717) is 0 Å². The van der Waals surface area contributed by atoms with Crippen molar-refractivity contribution in [2.75, 3.05) is 0 Å². The van der Waals surface area contributed by atoms with Crippen LogP contribution in [0.4, 0.5) is 8.78 Å². The van der Waals surface area contributed by atoms with E-state index in [9.17, 15) is 8.78 Å². The molecule has 0 heterocycles. The molecule has 0 aliphatic rings. The van der Waals surface area contributed by atoms with Crippen LogP contribution in [-0.4, -0.2) is 11.0 Å². The normalized spacial score (nSPS) is 15.8. The Hall–Kier alpha value is 0.0400. The second-order valence-electron chi connectivity index (χ2n) is 1.37. The second-order valence-corrected chi connectivity index (χ2v) is 3.81. The zero-order valence-corrected chi connectivity index (χ0v) is 6.93. The highest BCUT2D eigenvalue weighted by atomic mass is 33.1. The number of halogens is 2. The van der Waals surface area contributed by atoms with Gasteiger partial charge >= 0.3 is 0 Å². The highest BCUT2D eigenvalue weighted by molar-refractivity contribution is 8.77. The zero-order chi connectivity index (χ0) is 7.98. The molecule has 0 aliphatic heterocycles. The van der Waals surface area contributed by atoms with Crippen LogP contribution in [0.1, 0.15) is 0 Å². The Kier molecular flexibility index (Phi) is 5.82. The van der Waals surface area contributed by atoms with Gasteiger partial charge in [0.05, 0.1) is 0 Å². The predicted octanol–water partition coefficient (Wildman–Crippen LogP) is 3.33. The summed E-state index contributed by atoms with van der Waals surface area (Å²) < 4.78 is 24.5. The highest BCUT2D eigenvalue weighted by Crippen LogP contribution is 2.33. The smallest absolute Gasteiger partial charge is 0.173 e. The van der Waals surface area contributed by atoms with Crippen LogP contribution in [0, 0.1) is 0 Å². The molecule has 0 radical (unpaired) electrons. The zero-order valence-electron chi connectivity index (χ0n) is 5.30. The molecule has 2 atom stereocenters. The maximum atomic E-state index is 12.3. The van der Waals surface area contributed by atoms with E-state index in [4.69, 9.17) is 0 Å². The summed E-state index contributed by atoms with van der Waals surface area (Å²) in [5, 5.41) is 0. The first-order valence-corrected chi connectivity index (χ1v) is 4.83. The molecule has 0 bridgehead atoms. The molecule has 0 rings (SSSR count). The lowest BCUT2D eigenvalue weighted by Crippen LogP contribution is -1.87. The van der Waals surface area contributed by atoms with Gasteiger partial charge in [-0.05, 0) is 33.7 Å². The molecule has 0 nitrogen and oxygen atoms in total. The van der Waals surface area contributed by atoms with E-state index in [1.807, 2.05) is 0 Å². The molecule has 58 valence electrons. The fraction of sp³-hybridized carbons (Fsp3) is 0.333. The Labute approximate surface area is 67.2 Å². The van der Waals surface area contributed by atoms with E-state index < -0.39 is 11.0 Å². The van der Waals surface area contributed by atoms with Crippen LogP contribution in [0.5, 0.6) is 0 Å². The van der Waals surface area contributed by atoms with Crippen LogP contribution in [0.3, 0.4) is 0 Å². The molecule has 10 heavy (non-hydrogen) atoms. The van der Waals surface area contributed by atoms with Crippen molar-refractivity contribution in [1.29, 1.82) is 0 Å². The van der Waals surface area contributed by atoms with Crippen LogP contribution in [0.25, 0.3) is 0 Å². The Morgan fingerprint density at radius 2 is 1.30 bits per heavy atom. The molecule has 0 N–H and O–H groups in total. The van der Waals surface area contributed by atoms with Crippen molar-refractivity contribution in [1.82, 2.24) is 0 Å². The van der Waals surface area contributed by atoms with E-state index in [1.54, 1.807) is 0 Å². The van der Waals surface area contributed by atoms with Gasteiger partial charge in [-0.3, -0.25) is 0 Å². The van der Waals surface area contributed by atoms with Crippen LogP contribution >= 0.6 is 21.6 Å². The van der Waals surface area contributed by atoms with Gasteiger partial charge in [-0.15, -0.1) is 0 Å². The van der Waals surface area contributed by atoms with Crippen molar-refractivity contribution < 1.29 is 8.78 Å². The molecule has 0 spiro atoms. The van der Waals surface area contributed by atoms with Gasteiger partial charge in [0.2, 0.25) is 0 Å². The third-order valence-corrected chi connectivity index (χ3v) is 2.91. The first kappa shape index (κ1) is 10.0. The van der Waals surface area contributed by atoms with E-state index >= 15 is 0 Å². The van der Waals surface area contributed by atoms with Gasteiger partial charge in [0, 0.05) is 0 Å². The van der Waals surface area contributed by atoms with E-state index in [2.05, 4.69) is 13.2 Å². The molecule has 0 saturated heterocycles. The molecule has 0 amide bonds. The third kappa shape index (κ3) is 4.88. The van der Waals surface area contributed by atoms with Crippen LogP contribution in [0.15, 0.2) is 25.3 Å². The Bertz CT molecular complexity index is 102. The van der Waals surface area contributed by atoms with Crippen LogP contribution in [0.2, 0.25) is 0 Å². The average Bonchev–Trinajstić information content (AvgIpc) is 1.99. The van der Waals surface area contributed by atoms with Crippen LogP contribution in [-0.2, 0) is 0 Å². The minimum atomic E-state index is -1.21. The lowest BCUT2D eigenvalue weighted by molar-refractivity contribution is 0.518. The number of rotatable bonds is 5.